The summed E-state index contributed by atoms with van der Waals surface area (Å²) in [7, 11) is -4.80. The highest BCUT2D eigenvalue weighted by atomic mass is 31.2. The average molecular weight is 890 g/mol. The zero-order valence-electron chi connectivity index (χ0n) is 37.1. The molecule has 0 heterocycles. The van der Waals surface area contributed by atoms with E-state index < -0.39 is 69.9 Å². The number of carbonyl (C=O) groups is 3. The van der Waals surface area contributed by atoms with Crippen LogP contribution in [0, 0.1) is 0 Å². The fraction of sp³-hybridized carbons (Fsp3) is 0.562. The molecule has 0 aliphatic heterocycles. The second-order valence-corrected chi connectivity index (χ2v) is 15.9. The molecule has 0 aromatic rings. The Balaban J connectivity index is 4.69. The molecular formula is C48H76NO12P. The first-order chi connectivity index (χ1) is 29.9. The van der Waals surface area contributed by atoms with Crippen molar-refractivity contribution in [3.05, 3.63) is 109 Å². The first kappa shape index (κ1) is 58.1. The Morgan fingerprint density at radius 2 is 1.15 bits per heavy atom. The highest BCUT2D eigenvalue weighted by molar-refractivity contribution is 7.47. The average Bonchev–Trinajstić information content (AvgIpc) is 3.24. The van der Waals surface area contributed by atoms with Crippen molar-refractivity contribution in [2.75, 3.05) is 19.8 Å². The number of aliphatic carboxylic acids is 1. The van der Waals surface area contributed by atoms with Gasteiger partial charge in [0.25, 0.3) is 0 Å². The van der Waals surface area contributed by atoms with Crippen LogP contribution < -0.4 is 5.73 Å². The summed E-state index contributed by atoms with van der Waals surface area (Å²) in [5.41, 5.74) is 5.32. The number of phosphoric ester groups is 1. The number of rotatable bonds is 39. The number of hydrogen-bond donors (Lipinski definition) is 5. The topological polar surface area (TPSA) is 212 Å². The Morgan fingerprint density at radius 1 is 0.613 bits per heavy atom. The number of carboxylic acids is 1. The van der Waals surface area contributed by atoms with E-state index in [2.05, 4.69) is 85.2 Å². The minimum Gasteiger partial charge on any atom is -0.480 e. The molecule has 0 bridgehead atoms. The Bertz CT molecular complexity index is 1500. The predicted molar refractivity (Wildman–Crippen MR) is 247 cm³/mol. The SMILES string of the molecule is CC/C=C\C/C=C\C/C=C\C/C=C\C/C=C\CCCCCC(=O)OC[C@H](COP(=O)(O)OC[C@H](N)C(=O)O)OC(=O)CCC[C@@H](O)\C=C/C=C/C=C/[C@@H](O)C/C=C\CCCCC. The lowest BCUT2D eigenvalue weighted by Crippen LogP contribution is -2.34. The van der Waals surface area contributed by atoms with Crippen molar-refractivity contribution in [1.29, 1.82) is 0 Å². The van der Waals surface area contributed by atoms with Gasteiger partial charge in [0.05, 0.1) is 25.4 Å². The van der Waals surface area contributed by atoms with Crippen LogP contribution in [0.5, 0.6) is 0 Å². The third-order valence-corrected chi connectivity index (χ3v) is 9.65. The van der Waals surface area contributed by atoms with Gasteiger partial charge in [-0.15, -0.1) is 0 Å². The van der Waals surface area contributed by atoms with Gasteiger partial charge in [-0.25, -0.2) is 4.57 Å². The zero-order valence-corrected chi connectivity index (χ0v) is 38.0. The maximum Gasteiger partial charge on any atom is 0.472 e. The van der Waals surface area contributed by atoms with E-state index in [0.29, 0.717) is 12.8 Å². The highest BCUT2D eigenvalue weighted by Crippen LogP contribution is 2.43. The Hall–Kier alpha value is -3.94. The number of esters is 2. The maximum absolute atomic E-state index is 12.6. The van der Waals surface area contributed by atoms with Crippen molar-refractivity contribution in [3.63, 3.8) is 0 Å². The van der Waals surface area contributed by atoms with Crippen LogP contribution in [0.25, 0.3) is 0 Å². The predicted octanol–water partition coefficient (Wildman–Crippen LogP) is 9.78. The van der Waals surface area contributed by atoms with Gasteiger partial charge in [0.15, 0.2) is 6.10 Å². The van der Waals surface area contributed by atoms with Gasteiger partial charge >= 0.3 is 25.7 Å². The smallest absolute Gasteiger partial charge is 0.472 e. The summed E-state index contributed by atoms with van der Waals surface area (Å²) < 4.78 is 32.5. The Labute approximate surface area is 371 Å². The molecule has 0 rings (SSSR count). The third-order valence-electron chi connectivity index (χ3n) is 8.69. The molecule has 62 heavy (non-hydrogen) atoms. The van der Waals surface area contributed by atoms with Gasteiger partial charge in [-0.3, -0.25) is 23.4 Å². The molecule has 0 saturated carbocycles. The van der Waals surface area contributed by atoms with Gasteiger partial charge in [-0.05, 0) is 83.5 Å². The van der Waals surface area contributed by atoms with E-state index in [1.807, 2.05) is 6.08 Å². The van der Waals surface area contributed by atoms with Crippen LogP contribution in [0.2, 0.25) is 0 Å². The van der Waals surface area contributed by atoms with Gasteiger partial charge in [-0.1, -0.05) is 142 Å². The quantitative estimate of drug-likeness (QED) is 0.0128. The maximum atomic E-state index is 12.6. The normalized spacial score (nSPS) is 15.7. The second-order valence-electron chi connectivity index (χ2n) is 14.5. The van der Waals surface area contributed by atoms with Crippen molar-refractivity contribution in [3.8, 4) is 0 Å². The molecule has 0 aliphatic carbocycles. The van der Waals surface area contributed by atoms with Crippen molar-refractivity contribution in [2.45, 2.75) is 154 Å². The number of carbonyl (C=O) groups excluding carboxylic acids is 2. The molecule has 0 fully saturated rings. The van der Waals surface area contributed by atoms with E-state index >= 15 is 0 Å². The Morgan fingerprint density at radius 3 is 1.74 bits per heavy atom. The summed E-state index contributed by atoms with van der Waals surface area (Å²) in [6.07, 6.45) is 46.4. The molecule has 0 amide bonds. The summed E-state index contributed by atoms with van der Waals surface area (Å²) in [6, 6.07) is -1.57. The van der Waals surface area contributed by atoms with Crippen LogP contribution in [0.3, 0.4) is 0 Å². The van der Waals surface area contributed by atoms with Crippen LogP contribution in [-0.2, 0) is 37.5 Å². The third kappa shape index (κ3) is 40.2. The fourth-order valence-electron chi connectivity index (χ4n) is 5.17. The second kappa shape index (κ2) is 41.1. The summed E-state index contributed by atoms with van der Waals surface area (Å²) in [4.78, 5) is 46.0. The first-order valence-electron chi connectivity index (χ1n) is 22.1. The summed E-state index contributed by atoms with van der Waals surface area (Å²) >= 11 is 0. The molecule has 6 N–H and O–H groups in total. The molecule has 1 unspecified atom stereocenters. The minimum atomic E-state index is -4.80. The van der Waals surface area contributed by atoms with Crippen molar-refractivity contribution < 1.29 is 57.7 Å². The van der Waals surface area contributed by atoms with E-state index in [4.69, 9.17) is 24.8 Å². The van der Waals surface area contributed by atoms with E-state index in [0.717, 1.165) is 64.2 Å². The van der Waals surface area contributed by atoms with Gasteiger partial charge < -0.3 is 35.4 Å². The number of unbranched alkanes of at least 4 members (excludes halogenated alkanes) is 6. The molecule has 0 aromatic carbocycles. The monoisotopic (exact) mass is 890 g/mol. The largest absolute Gasteiger partial charge is 0.480 e. The van der Waals surface area contributed by atoms with E-state index in [-0.39, 0.29) is 25.7 Å². The fourth-order valence-corrected chi connectivity index (χ4v) is 5.94. The van der Waals surface area contributed by atoms with Crippen molar-refractivity contribution >= 4 is 25.7 Å². The van der Waals surface area contributed by atoms with Gasteiger partial charge in [0.2, 0.25) is 0 Å². The van der Waals surface area contributed by atoms with E-state index in [9.17, 15) is 34.1 Å². The Kier molecular flexibility index (Phi) is 38.5. The minimum absolute atomic E-state index is 0.114. The molecule has 0 saturated heterocycles. The van der Waals surface area contributed by atoms with Crippen LogP contribution >= 0.6 is 7.82 Å². The van der Waals surface area contributed by atoms with Crippen LogP contribution in [-0.4, -0.2) is 82.3 Å². The number of nitrogens with two attached hydrogens (primary N) is 1. The zero-order chi connectivity index (χ0) is 45.9. The van der Waals surface area contributed by atoms with Crippen LogP contribution in [0.15, 0.2) is 109 Å². The molecule has 0 aromatic heterocycles. The van der Waals surface area contributed by atoms with Gasteiger partial charge in [0.1, 0.15) is 12.6 Å². The first-order valence-corrected chi connectivity index (χ1v) is 23.6. The lowest BCUT2D eigenvalue weighted by atomic mass is 10.1. The number of aliphatic hydroxyl groups excluding tert-OH is 2. The molecule has 13 nitrogen and oxygen atoms in total. The summed E-state index contributed by atoms with van der Waals surface area (Å²) in [5.74, 6) is -2.71. The highest BCUT2D eigenvalue weighted by Gasteiger charge is 2.28. The molecule has 0 spiro atoms. The van der Waals surface area contributed by atoms with E-state index in [1.54, 1.807) is 36.5 Å². The van der Waals surface area contributed by atoms with Crippen molar-refractivity contribution in [1.82, 2.24) is 0 Å². The lowest BCUT2D eigenvalue weighted by molar-refractivity contribution is -0.161. The summed E-state index contributed by atoms with van der Waals surface area (Å²) in [5, 5.41) is 29.2. The molecule has 0 aliphatic rings. The molecule has 14 heteroatoms. The van der Waals surface area contributed by atoms with Crippen molar-refractivity contribution in [2.24, 2.45) is 5.73 Å². The number of ether oxygens (including phenoxy) is 2. The standard InChI is InChI=1S/C48H76NO12P/c1-3-5-7-9-11-12-13-14-15-16-17-18-19-20-21-22-23-25-31-37-46(52)58-39-44(40-59-62(56,57)60-41-45(49)48(54)55)61-47(53)38-32-36-43(51)35-30-27-26-29-34-42(50)33-28-24-10-8-6-4-2/h5,7,11-12,14-15,17-18,20-21,24,26-30,34-35,42-45,50-51H,3-4,6,8-10,13,16,19,22-23,25,31-33,36-41,49H2,1-2H3,(H,54,55)(H,56,57)/b7-5-,12-11-,15-14-,18-17-,21-20-,27-26+,28-24-,34-29+,35-30-/t42-,43-,44+,45-/m0/s1. The molecule has 5 atom stereocenters. The number of aliphatic hydroxyl groups is 2. The number of hydrogen-bond acceptors (Lipinski definition) is 11. The molecule has 0 radical (unpaired) electrons. The van der Waals surface area contributed by atoms with Gasteiger partial charge in [-0.2, -0.15) is 0 Å². The van der Waals surface area contributed by atoms with E-state index in [1.165, 1.54) is 12.8 Å². The lowest BCUT2D eigenvalue weighted by Gasteiger charge is -2.20. The summed E-state index contributed by atoms with van der Waals surface area (Å²) in [6.45, 7) is 2.32. The molecular weight excluding hydrogens is 813 g/mol. The van der Waals surface area contributed by atoms with Crippen LogP contribution in [0.4, 0.5) is 0 Å². The number of carboxylic acid groups (broad SMARTS) is 1. The molecule has 350 valence electrons. The van der Waals surface area contributed by atoms with Crippen LogP contribution in [0.1, 0.15) is 129 Å². The van der Waals surface area contributed by atoms with Gasteiger partial charge in [0, 0.05) is 12.8 Å². The number of allylic oxidation sites excluding steroid dienone is 15. The number of phosphoric acid groups is 1.